The van der Waals surface area contributed by atoms with Gasteiger partial charge in [-0.05, 0) is 43.3 Å². The highest BCUT2D eigenvalue weighted by Crippen LogP contribution is 2.29. The van der Waals surface area contributed by atoms with Crippen molar-refractivity contribution in [3.8, 4) is 17.2 Å². The Morgan fingerprint density at radius 1 is 1.17 bits per heavy atom. The third-order valence-corrected chi connectivity index (χ3v) is 3.96. The zero-order chi connectivity index (χ0) is 21.2. The maximum Gasteiger partial charge on any atom is 0.387 e. The van der Waals surface area contributed by atoms with Crippen LogP contribution in [0.4, 0.5) is 23.2 Å². The van der Waals surface area contributed by atoms with Gasteiger partial charge >= 0.3 is 6.61 Å². The average Bonchev–Trinajstić information content (AvgIpc) is 3.03. The standard InChI is InChI=1S/C20H16F4N2O3/c1-11-16(17(27)26-14-5-3-4-13(10-14)20(2,23)24)29-18(25-11)12-6-8-15(9-7-12)28-19(21)22/h3-10,19H,1-2H3,(H,26,27). The summed E-state index contributed by atoms with van der Waals surface area (Å²) < 4.78 is 61.1. The summed E-state index contributed by atoms with van der Waals surface area (Å²) in [7, 11) is 0. The molecule has 0 atom stereocenters. The Morgan fingerprint density at radius 3 is 2.48 bits per heavy atom. The van der Waals surface area contributed by atoms with Crippen molar-refractivity contribution in [3.05, 3.63) is 65.5 Å². The molecule has 1 heterocycles. The Labute approximate surface area is 163 Å². The number of ether oxygens (including phenoxy) is 1. The molecule has 0 aliphatic carbocycles. The topological polar surface area (TPSA) is 64.4 Å². The summed E-state index contributed by atoms with van der Waals surface area (Å²) in [6.07, 6.45) is 0. The molecule has 3 aromatic rings. The van der Waals surface area contributed by atoms with Gasteiger partial charge in [0.1, 0.15) is 5.75 Å². The normalized spacial score (nSPS) is 11.6. The molecule has 0 unspecified atom stereocenters. The van der Waals surface area contributed by atoms with Gasteiger partial charge in [-0.3, -0.25) is 4.79 Å². The lowest BCUT2D eigenvalue weighted by molar-refractivity contribution is -0.0498. The average molecular weight is 408 g/mol. The predicted molar refractivity (Wildman–Crippen MR) is 97.3 cm³/mol. The van der Waals surface area contributed by atoms with E-state index in [0.29, 0.717) is 5.56 Å². The van der Waals surface area contributed by atoms with Crippen molar-refractivity contribution >= 4 is 11.6 Å². The minimum absolute atomic E-state index is 0.0300. The summed E-state index contributed by atoms with van der Waals surface area (Å²) in [5, 5.41) is 2.50. The van der Waals surface area contributed by atoms with Crippen LogP contribution in [0, 0.1) is 6.92 Å². The third-order valence-electron chi connectivity index (χ3n) is 3.96. The van der Waals surface area contributed by atoms with Crippen LogP contribution in [0.15, 0.2) is 52.9 Å². The number of carbonyl (C=O) groups is 1. The van der Waals surface area contributed by atoms with Crippen molar-refractivity contribution in [1.29, 1.82) is 0 Å². The summed E-state index contributed by atoms with van der Waals surface area (Å²) in [6.45, 7) is -0.628. The second-order valence-electron chi connectivity index (χ2n) is 6.26. The minimum atomic E-state index is -3.05. The second kappa shape index (κ2) is 7.94. The summed E-state index contributed by atoms with van der Waals surface area (Å²) in [5.41, 5.74) is 0.667. The van der Waals surface area contributed by atoms with E-state index >= 15 is 0 Å². The lowest BCUT2D eigenvalue weighted by Gasteiger charge is -2.12. The van der Waals surface area contributed by atoms with E-state index in [1.54, 1.807) is 6.92 Å². The smallest absolute Gasteiger partial charge is 0.387 e. The summed E-state index contributed by atoms with van der Waals surface area (Å²) in [5.74, 6) is -3.73. The molecule has 0 aliphatic rings. The molecule has 0 spiro atoms. The molecule has 0 saturated heterocycles. The number of anilines is 1. The van der Waals surface area contributed by atoms with Crippen LogP contribution in [0.3, 0.4) is 0 Å². The van der Waals surface area contributed by atoms with Crippen molar-refractivity contribution in [2.75, 3.05) is 5.32 Å². The number of rotatable bonds is 6. The Balaban J connectivity index is 1.79. The summed E-state index contributed by atoms with van der Waals surface area (Å²) in [6, 6.07) is 10.9. The molecule has 1 N–H and O–H groups in total. The number of nitrogens with zero attached hydrogens (tertiary/aromatic N) is 1. The number of halogens is 4. The van der Waals surface area contributed by atoms with E-state index in [-0.39, 0.29) is 34.3 Å². The fourth-order valence-electron chi connectivity index (χ4n) is 2.57. The fourth-order valence-corrected chi connectivity index (χ4v) is 2.57. The van der Waals surface area contributed by atoms with Crippen molar-refractivity contribution in [2.45, 2.75) is 26.4 Å². The van der Waals surface area contributed by atoms with E-state index in [9.17, 15) is 22.4 Å². The van der Waals surface area contributed by atoms with Gasteiger partial charge in [0, 0.05) is 23.7 Å². The Morgan fingerprint density at radius 2 is 1.86 bits per heavy atom. The number of nitrogens with one attached hydrogen (secondary N) is 1. The molecule has 0 saturated carbocycles. The van der Waals surface area contributed by atoms with Gasteiger partial charge in [-0.2, -0.15) is 8.78 Å². The second-order valence-corrected chi connectivity index (χ2v) is 6.26. The fraction of sp³-hybridized carbons (Fsp3) is 0.200. The molecule has 2 aromatic carbocycles. The van der Waals surface area contributed by atoms with E-state index in [2.05, 4.69) is 15.0 Å². The maximum atomic E-state index is 13.5. The van der Waals surface area contributed by atoms with Crippen LogP contribution >= 0.6 is 0 Å². The summed E-state index contributed by atoms with van der Waals surface area (Å²) >= 11 is 0. The van der Waals surface area contributed by atoms with E-state index in [1.807, 2.05) is 0 Å². The molecule has 3 rings (SSSR count). The molecule has 0 aliphatic heterocycles. The van der Waals surface area contributed by atoms with Gasteiger partial charge in [0.15, 0.2) is 0 Å². The van der Waals surface area contributed by atoms with Crippen molar-refractivity contribution < 1.29 is 31.5 Å². The zero-order valence-electron chi connectivity index (χ0n) is 15.4. The van der Waals surface area contributed by atoms with Gasteiger partial charge in [0.25, 0.3) is 11.8 Å². The molecular weight excluding hydrogens is 392 g/mol. The number of oxazole rings is 1. The monoisotopic (exact) mass is 408 g/mol. The number of aryl methyl sites for hydroxylation is 1. The van der Waals surface area contributed by atoms with Gasteiger partial charge in [-0.15, -0.1) is 0 Å². The molecule has 29 heavy (non-hydrogen) atoms. The van der Waals surface area contributed by atoms with Crippen molar-refractivity contribution in [2.24, 2.45) is 0 Å². The first kappa shape index (κ1) is 20.4. The number of hydrogen-bond donors (Lipinski definition) is 1. The minimum Gasteiger partial charge on any atom is -0.435 e. The van der Waals surface area contributed by atoms with Crippen LogP contribution in [-0.2, 0) is 5.92 Å². The number of carbonyl (C=O) groups excluding carboxylic acids is 1. The Hall–Kier alpha value is -3.36. The number of amides is 1. The van der Waals surface area contributed by atoms with Crippen LogP contribution in [0.2, 0.25) is 0 Å². The van der Waals surface area contributed by atoms with E-state index < -0.39 is 18.4 Å². The SMILES string of the molecule is Cc1nc(-c2ccc(OC(F)F)cc2)oc1C(=O)Nc1cccc(C(C)(F)F)c1. The molecule has 1 amide bonds. The van der Waals surface area contributed by atoms with Crippen LogP contribution in [-0.4, -0.2) is 17.5 Å². The first-order valence-corrected chi connectivity index (χ1v) is 8.46. The molecule has 152 valence electrons. The van der Waals surface area contributed by atoms with E-state index in [0.717, 1.165) is 6.92 Å². The van der Waals surface area contributed by atoms with Crippen molar-refractivity contribution in [3.63, 3.8) is 0 Å². The molecule has 9 heteroatoms. The highest BCUT2D eigenvalue weighted by atomic mass is 19.3. The van der Waals surface area contributed by atoms with Crippen LogP contribution < -0.4 is 10.1 Å². The van der Waals surface area contributed by atoms with Gasteiger partial charge in [0.05, 0.1) is 5.69 Å². The maximum absolute atomic E-state index is 13.5. The molecule has 1 aromatic heterocycles. The third kappa shape index (κ3) is 4.92. The molecule has 0 fully saturated rings. The number of benzene rings is 2. The molecule has 5 nitrogen and oxygen atoms in total. The van der Waals surface area contributed by atoms with Gasteiger partial charge in [-0.25, -0.2) is 13.8 Å². The largest absolute Gasteiger partial charge is 0.435 e. The van der Waals surface area contributed by atoms with Gasteiger partial charge in [-0.1, -0.05) is 12.1 Å². The summed E-state index contributed by atoms with van der Waals surface area (Å²) in [4.78, 5) is 16.6. The number of alkyl halides is 4. The molecule has 0 radical (unpaired) electrons. The number of hydrogen-bond acceptors (Lipinski definition) is 4. The first-order chi connectivity index (χ1) is 13.6. The van der Waals surface area contributed by atoms with Gasteiger partial charge < -0.3 is 14.5 Å². The zero-order valence-corrected chi connectivity index (χ0v) is 15.4. The lowest BCUT2D eigenvalue weighted by Crippen LogP contribution is -2.13. The number of aromatic nitrogens is 1. The van der Waals surface area contributed by atoms with Crippen LogP contribution in [0.5, 0.6) is 5.75 Å². The highest BCUT2D eigenvalue weighted by Gasteiger charge is 2.25. The molecular formula is C20H16F4N2O3. The van der Waals surface area contributed by atoms with Crippen LogP contribution in [0.1, 0.15) is 28.7 Å². The predicted octanol–water partition coefficient (Wildman–Crippen LogP) is 5.62. The highest BCUT2D eigenvalue weighted by molar-refractivity contribution is 6.03. The first-order valence-electron chi connectivity index (χ1n) is 8.46. The van der Waals surface area contributed by atoms with Gasteiger partial charge in [0.2, 0.25) is 11.7 Å². The van der Waals surface area contributed by atoms with Crippen molar-refractivity contribution in [1.82, 2.24) is 4.98 Å². The Kier molecular flexibility index (Phi) is 5.58. The lowest BCUT2D eigenvalue weighted by atomic mass is 10.1. The molecule has 0 bridgehead atoms. The van der Waals surface area contributed by atoms with E-state index in [4.69, 9.17) is 4.42 Å². The quantitative estimate of drug-likeness (QED) is 0.538. The Bertz CT molecular complexity index is 1010. The van der Waals surface area contributed by atoms with Crippen LogP contribution in [0.25, 0.3) is 11.5 Å². The van der Waals surface area contributed by atoms with E-state index in [1.165, 1.54) is 48.5 Å².